The number of carboxylic acids is 1. The lowest BCUT2D eigenvalue weighted by Crippen LogP contribution is -2.31. The first-order valence-corrected chi connectivity index (χ1v) is 21.0. The van der Waals surface area contributed by atoms with Gasteiger partial charge in [-0.2, -0.15) is 0 Å². The summed E-state index contributed by atoms with van der Waals surface area (Å²) in [5.74, 6) is -2.13. The van der Waals surface area contributed by atoms with Gasteiger partial charge in [-0.3, -0.25) is 14.4 Å². The van der Waals surface area contributed by atoms with Crippen molar-refractivity contribution in [1.82, 2.24) is 20.6 Å². The smallest absolute Gasteiger partial charge is 0.329 e. The summed E-state index contributed by atoms with van der Waals surface area (Å²) in [7, 11) is -3.95. The molecule has 0 fully saturated rings. The van der Waals surface area contributed by atoms with E-state index in [1.54, 1.807) is 12.1 Å². The third-order valence-electron chi connectivity index (χ3n) is 7.92. The van der Waals surface area contributed by atoms with Gasteiger partial charge >= 0.3 is 11.9 Å². The van der Waals surface area contributed by atoms with Crippen molar-refractivity contribution < 1.29 is 56.4 Å². The van der Waals surface area contributed by atoms with Crippen LogP contribution in [0.5, 0.6) is 0 Å². The number of aliphatic carboxylic acids is 1. The van der Waals surface area contributed by atoms with Crippen LogP contribution < -0.4 is 15.4 Å². The summed E-state index contributed by atoms with van der Waals surface area (Å²) in [6.07, 6.45) is 13.3. The highest BCUT2D eigenvalue weighted by molar-refractivity contribution is 7.92. The number of sulfonamides is 1. The topological polar surface area (TPSA) is 231 Å². The number of carbonyl (C=O) groups is 4. The van der Waals surface area contributed by atoms with E-state index in [-0.39, 0.29) is 94.2 Å². The first kappa shape index (κ1) is 48.9. The molecule has 18 heteroatoms. The van der Waals surface area contributed by atoms with E-state index >= 15 is 0 Å². The minimum atomic E-state index is -3.95. The molecule has 2 aromatic rings. The second kappa shape index (κ2) is 28.2. The number of aryl methyl sites for hydroxylation is 1. The standard InChI is InChI=1S/C39H61N5O12S/c1-39(2,3)56-36(48)17-12-10-8-6-4-5-7-9-11-14-31-15-13-16-33(26-31)57(50,51)44-38-42-27-32(28-43-38)37(49)41-19-21-53-22-24-54-29-34(45)40-18-20-52-23-25-55-30-35(46)47/h13,15-16,26-28H,4-12,14,17-25,29-30H2,1-3H3,(H,40,45)(H,41,49)(H,46,47)(H,42,43,44). The van der Waals surface area contributed by atoms with Crippen LogP contribution in [-0.2, 0) is 54.5 Å². The Labute approximate surface area is 336 Å². The second-order valence-corrected chi connectivity index (χ2v) is 15.8. The molecule has 0 saturated heterocycles. The Morgan fingerprint density at radius 1 is 0.719 bits per heavy atom. The molecule has 57 heavy (non-hydrogen) atoms. The normalized spacial score (nSPS) is 11.6. The third-order valence-corrected chi connectivity index (χ3v) is 9.24. The van der Waals surface area contributed by atoms with E-state index in [9.17, 15) is 27.6 Å². The molecule has 1 aromatic carbocycles. The average molecular weight is 824 g/mol. The average Bonchev–Trinajstić information content (AvgIpc) is 3.15. The van der Waals surface area contributed by atoms with Crippen LogP contribution in [0.3, 0.4) is 0 Å². The quantitative estimate of drug-likeness (QED) is 0.0603. The zero-order valence-corrected chi connectivity index (χ0v) is 34.4. The number of amides is 2. The zero-order chi connectivity index (χ0) is 41.8. The Morgan fingerprint density at radius 3 is 1.89 bits per heavy atom. The molecular formula is C39H61N5O12S. The molecule has 0 aliphatic carbocycles. The fraction of sp³-hybridized carbons (Fsp3) is 0.641. The fourth-order valence-electron chi connectivity index (χ4n) is 5.19. The summed E-state index contributed by atoms with van der Waals surface area (Å²) in [4.78, 5) is 54.4. The Morgan fingerprint density at radius 2 is 1.28 bits per heavy atom. The highest BCUT2D eigenvalue weighted by Gasteiger charge is 2.18. The number of hydrogen-bond acceptors (Lipinski definition) is 13. The number of carboxylic acid groups (broad SMARTS) is 1. The van der Waals surface area contributed by atoms with Crippen molar-refractivity contribution in [2.75, 3.05) is 70.7 Å². The number of unbranched alkanes of at least 4 members (excludes halogenated alkanes) is 8. The highest BCUT2D eigenvalue weighted by Crippen LogP contribution is 2.18. The maximum atomic E-state index is 13.1. The number of anilines is 1. The molecule has 0 aliphatic rings. The summed E-state index contributed by atoms with van der Waals surface area (Å²) in [6, 6.07) is 6.79. The van der Waals surface area contributed by atoms with Crippen LogP contribution in [0.4, 0.5) is 5.95 Å². The third kappa shape index (κ3) is 24.9. The SMILES string of the molecule is CC(C)(C)OC(=O)CCCCCCCCCCCc1cccc(S(=O)(=O)Nc2ncc(C(=O)NCCOCCOCC(=O)NCCOCCOCC(=O)O)cn2)c1. The van der Waals surface area contributed by atoms with Crippen molar-refractivity contribution in [3.63, 3.8) is 0 Å². The van der Waals surface area contributed by atoms with Crippen LogP contribution in [0.2, 0.25) is 0 Å². The Bertz CT molecular complexity index is 1590. The second-order valence-electron chi connectivity index (χ2n) is 14.1. The number of esters is 1. The molecule has 17 nitrogen and oxygen atoms in total. The van der Waals surface area contributed by atoms with Crippen molar-refractivity contribution in [2.24, 2.45) is 0 Å². The Balaban J connectivity index is 1.54. The summed E-state index contributed by atoms with van der Waals surface area (Å²) in [6.45, 7) is 6.69. The lowest BCUT2D eigenvalue weighted by molar-refractivity contribution is -0.155. The monoisotopic (exact) mass is 823 g/mol. The van der Waals surface area contributed by atoms with Gasteiger partial charge in [-0.1, -0.05) is 57.1 Å². The van der Waals surface area contributed by atoms with Gasteiger partial charge in [0.05, 0.1) is 50.1 Å². The number of ether oxygens (including phenoxy) is 5. The predicted octanol–water partition coefficient (Wildman–Crippen LogP) is 4.06. The summed E-state index contributed by atoms with van der Waals surface area (Å²) in [5, 5.41) is 13.7. The van der Waals surface area contributed by atoms with E-state index in [4.69, 9.17) is 28.8 Å². The van der Waals surface area contributed by atoms with Crippen LogP contribution in [0.1, 0.15) is 101 Å². The number of rotatable bonds is 32. The number of aromatic nitrogens is 2. The van der Waals surface area contributed by atoms with Gasteiger partial charge in [-0.05, 0) is 57.7 Å². The molecule has 0 radical (unpaired) electrons. The van der Waals surface area contributed by atoms with Crippen LogP contribution in [0.25, 0.3) is 0 Å². The molecule has 0 spiro atoms. The number of nitrogens with zero attached hydrogens (tertiary/aromatic N) is 2. The molecule has 0 unspecified atom stereocenters. The maximum absolute atomic E-state index is 13.1. The first-order valence-electron chi connectivity index (χ1n) is 19.5. The van der Waals surface area contributed by atoms with Crippen molar-refractivity contribution in [3.8, 4) is 0 Å². The largest absolute Gasteiger partial charge is 0.480 e. The summed E-state index contributed by atoms with van der Waals surface area (Å²) < 4.78 is 54.5. The van der Waals surface area contributed by atoms with E-state index in [2.05, 4.69) is 25.3 Å². The lowest BCUT2D eigenvalue weighted by Gasteiger charge is -2.19. The fourth-order valence-corrected chi connectivity index (χ4v) is 6.22. The minimum absolute atomic E-state index is 0.104. The van der Waals surface area contributed by atoms with Crippen LogP contribution in [0, 0.1) is 0 Å². The number of hydrogen-bond donors (Lipinski definition) is 4. The van der Waals surface area contributed by atoms with Gasteiger partial charge in [0.2, 0.25) is 11.9 Å². The van der Waals surface area contributed by atoms with Crippen molar-refractivity contribution in [3.05, 3.63) is 47.8 Å². The Hall–Kier alpha value is -4.23. The molecule has 4 N–H and O–H groups in total. The first-order chi connectivity index (χ1) is 27.2. The predicted molar refractivity (Wildman–Crippen MR) is 211 cm³/mol. The molecule has 0 saturated carbocycles. The van der Waals surface area contributed by atoms with Gasteiger partial charge in [-0.15, -0.1) is 0 Å². The van der Waals surface area contributed by atoms with Crippen molar-refractivity contribution in [1.29, 1.82) is 0 Å². The molecule has 0 atom stereocenters. The molecule has 2 amide bonds. The molecule has 1 aromatic heterocycles. The minimum Gasteiger partial charge on any atom is -0.480 e. The van der Waals surface area contributed by atoms with E-state index < -0.39 is 27.5 Å². The van der Waals surface area contributed by atoms with Crippen LogP contribution in [-0.4, -0.2) is 119 Å². The molecular weight excluding hydrogens is 763 g/mol. The zero-order valence-electron chi connectivity index (χ0n) is 33.6. The molecule has 0 aliphatic heterocycles. The molecule has 1 heterocycles. The van der Waals surface area contributed by atoms with Gasteiger partial charge in [0, 0.05) is 31.9 Å². The Kier molecular flexibility index (Phi) is 24.2. The van der Waals surface area contributed by atoms with Crippen LogP contribution in [0.15, 0.2) is 41.6 Å². The lowest BCUT2D eigenvalue weighted by atomic mass is 10.0. The van der Waals surface area contributed by atoms with Crippen molar-refractivity contribution in [2.45, 2.75) is 102 Å². The van der Waals surface area contributed by atoms with E-state index in [0.717, 1.165) is 69.8 Å². The van der Waals surface area contributed by atoms with Gasteiger partial charge in [-0.25, -0.2) is 27.9 Å². The number of carbonyl (C=O) groups excluding carboxylic acids is 3. The van der Waals surface area contributed by atoms with Crippen molar-refractivity contribution >= 4 is 39.7 Å². The molecule has 320 valence electrons. The molecule has 0 bridgehead atoms. The van der Waals surface area contributed by atoms with Gasteiger partial charge < -0.3 is 39.4 Å². The maximum Gasteiger partial charge on any atom is 0.329 e. The van der Waals surface area contributed by atoms with E-state index in [1.165, 1.54) is 18.5 Å². The number of nitrogens with one attached hydrogen (secondary N) is 3. The van der Waals surface area contributed by atoms with Gasteiger partial charge in [0.15, 0.2) is 0 Å². The van der Waals surface area contributed by atoms with E-state index in [1.807, 2.05) is 26.8 Å². The van der Waals surface area contributed by atoms with Gasteiger partial charge in [0.1, 0.15) is 18.8 Å². The molecule has 2 rings (SSSR count). The van der Waals surface area contributed by atoms with E-state index in [0.29, 0.717) is 6.42 Å². The summed E-state index contributed by atoms with van der Waals surface area (Å²) >= 11 is 0. The van der Waals surface area contributed by atoms with Crippen LogP contribution >= 0.6 is 0 Å². The van der Waals surface area contributed by atoms with Gasteiger partial charge in [0.25, 0.3) is 15.9 Å². The summed E-state index contributed by atoms with van der Waals surface area (Å²) in [5.41, 5.74) is 0.635. The highest BCUT2D eigenvalue weighted by atomic mass is 32.2. The number of benzene rings is 1.